The fraction of sp³-hybridized carbons (Fsp3) is 0.182. The molecule has 1 amide bonds. The summed E-state index contributed by atoms with van der Waals surface area (Å²) in [6, 6.07) is 17.7. The lowest BCUT2D eigenvalue weighted by Gasteiger charge is -2.06. The molecule has 4 rings (SSSR count). The molecule has 30 heavy (non-hydrogen) atoms. The van der Waals surface area contributed by atoms with Crippen LogP contribution in [0, 0.1) is 13.8 Å². The largest absolute Gasteiger partial charge is 0.338 e. The monoisotopic (exact) mass is 419 g/mol. The molecule has 0 aliphatic carbocycles. The summed E-state index contributed by atoms with van der Waals surface area (Å²) in [5, 5.41) is 15.9. The maximum absolute atomic E-state index is 12.3. The Morgan fingerprint density at radius 3 is 2.63 bits per heavy atom. The number of aryl methyl sites for hydroxylation is 2. The molecule has 0 spiro atoms. The van der Waals surface area contributed by atoms with E-state index in [1.807, 2.05) is 74.0 Å². The predicted molar refractivity (Wildman–Crippen MR) is 117 cm³/mol. The van der Waals surface area contributed by atoms with Gasteiger partial charge in [0.15, 0.2) is 11.0 Å². The predicted octanol–water partition coefficient (Wildman–Crippen LogP) is 4.48. The van der Waals surface area contributed by atoms with Crippen LogP contribution in [0.3, 0.4) is 0 Å². The number of nitrogens with one attached hydrogen (secondary N) is 1. The molecule has 0 fully saturated rings. The van der Waals surface area contributed by atoms with Gasteiger partial charge in [-0.05, 0) is 19.4 Å². The fourth-order valence-corrected chi connectivity index (χ4v) is 3.71. The molecule has 1 N–H and O–H groups in total. The van der Waals surface area contributed by atoms with Crippen molar-refractivity contribution in [3.8, 4) is 22.6 Å². The number of anilines is 1. The van der Waals surface area contributed by atoms with Gasteiger partial charge in [-0.25, -0.2) is 0 Å². The van der Waals surface area contributed by atoms with Crippen molar-refractivity contribution in [1.29, 1.82) is 0 Å². The van der Waals surface area contributed by atoms with Crippen LogP contribution in [0.2, 0.25) is 0 Å². The summed E-state index contributed by atoms with van der Waals surface area (Å²) in [6.45, 7) is 4.06. The highest BCUT2D eigenvalue weighted by atomic mass is 32.2. The van der Waals surface area contributed by atoms with Gasteiger partial charge in [-0.15, -0.1) is 10.2 Å². The van der Waals surface area contributed by atoms with Gasteiger partial charge in [-0.2, -0.15) is 0 Å². The third-order valence-electron chi connectivity index (χ3n) is 4.67. The quantitative estimate of drug-likeness (QED) is 0.464. The van der Waals surface area contributed by atoms with E-state index in [0.29, 0.717) is 16.7 Å². The van der Waals surface area contributed by atoms with E-state index in [1.165, 1.54) is 17.3 Å². The molecule has 0 saturated carbocycles. The zero-order valence-corrected chi connectivity index (χ0v) is 17.7. The van der Waals surface area contributed by atoms with Crippen molar-refractivity contribution < 1.29 is 9.32 Å². The van der Waals surface area contributed by atoms with E-state index in [2.05, 4.69) is 20.7 Å². The standard InChI is InChI=1S/C22H21N5O2S/c1-14-8-10-16(11-9-14)18-12-20(29-26-18)23-19(28)13-30-22-25-24-21(27(22)3)17-7-5-4-6-15(17)2/h4-12H,13H2,1-3H3,(H,23,28). The Morgan fingerprint density at radius 2 is 1.87 bits per heavy atom. The average molecular weight is 420 g/mol. The SMILES string of the molecule is Cc1ccc(-c2cc(NC(=O)CSc3nnc(-c4ccccc4C)n3C)on2)cc1. The van der Waals surface area contributed by atoms with Crippen molar-refractivity contribution >= 4 is 23.6 Å². The highest BCUT2D eigenvalue weighted by Crippen LogP contribution is 2.26. The molecular formula is C22H21N5O2S. The van der Waals surface area contributed by atoms with Crippen molar-refractivity contribution in [3.05, 3.63) is 65.7 Å². The van der Waals surface area contributed by atoms with Gasteiger partial charge in [0.05, 0.1) is 5.75 Å². The van der Waals surface area contributed by atoms with E-state index in [-0.39, 0.29) is 11.7 Å². The van der Waals surface area contributed by atoms with Crippen LogP contribution in [0.25, 0.3) is 22.6 Å². The maximum atomic E-state index is 12.3. The third-order valence-corrected chi connectivity index (χ3v) is 5.69. The van der Waals surface area contributed by atoms with Crippen LogP contribution in [0.15, 0.2) is 64.3 Å². The fourth-order valence-electron chi connectivity index (χ4n) is 3.00. The van der Waals surface area contributed by atoms with Crippen LogP contribution in [0.1, 0.15) is 11.1 Å². The van der Waals surface area contributed by atoms with E-state index >= 15 is 0 Å². The second-order valence-electron chi connectivity index (χ2n) is 6.96. The van der Waals surface area contributed by atoms with Crippen LogP contribution in [0.5, 0.6) is 0 Å². The molecule has 4 aromatic rings. The second kappa shape index (κ2) is 8.54. The van der Waals surface area contributed by atoms with E-state index in [1.54, 1.807) is 6.07 Å². The Labute approximate surface area is 178 Å². The smallest absolute Gasteiger partial charge is 0.237 e. The number of hydrogen-bond acceptors (Lipinski definition) is 6. The molecule has 2 aromatic carbocycles. The van der Waals surface area contributed by atoms with Crippen LogP contribution in [0.4, 0.5) is 5.88 Å². The molecule has 0 aliphatic rings. The number of carbonyl (C=O) groups excluding carboxylic acids is 1. The summed E-state index contributed by atoms with van der Waals surface area (Å²) in [7, 11) is 1.90. The molecule has 7 nitrogen and oxygen atoms in total. The van der Waals surface area contributed by atoms with Gasteiger partial charge in [-0.3, -0.25) is 10.1 Å². The second-order valence-corrected chi connectivity index (χ2v) is 7.90. The van der Waals surface area contributed by atoms with Crippen molar-refractivity contribution in [2.75, 3.05) is 11.1 Å². The van der Waals surface area contributed by atoms with Gasteiger partial charge in [0, 0.05) is 24.2 Å². The van der Waals surface area contributed by atoms with Crippen LogP contribution in [-0.4, -0.2) is 31.6 Å². The summed E-state index contributed by atoms with van der Waals surface area (Å²) in [5.41, 5.74) is 4.92. The molecule has 2 aromatic heterocycles. The minimum Gasteiger partial charge on any atom is -0.338 e. The Bertz CT molecular complexity index is 1180. The van der Waals surface area contributed by atoms with Crippen LogP contribution < -0.4 is 5.32 Å². The molecule has 0 bridgehead atoms. The van der Waals surface area contributed by atoms with E-state index < -0.39 is 0 Å². The molecule has 0 unspecified atom stereocenters. The topological polar surface area (TPSA) is 85.8 Å². The molecule has 2 heterocycles. The Morgan fingerprint density at radius 1 is 1.10 bits per heavy atom. The third kappa shape index (κ3) is 4.28. The van der Waals surface area contributed by atoms with Crippen molar-refractivity contribution in [1.82, 2.24) is 19.9 Å². The van der Waals surface area contributed by atoms with Gasteiger partial charge >= 0.3 is 0 Å². The summed E-state index contributed by atoms with van der Waals surface area (Å²) < 4.78 is 7.14. The Balaban J connectivity index is 1.38. The molecule has 0 atom stereocenters. The first kappa shape index (κ1) is 19.9. The van der Waals surface area contributed by atoms with Gasteiger partial charge in [0.1, 0.15) is 5.69 Å². The van der Waals surface area contributed by atoms with Crippen molar-refractivity contribution in [3.63, 3.8) is 0 Å². The van der Waals surface area contributed by atoms with E-state index in [9.17, 15) is 4.79 Å². The normalized spacial score (nSPS) is 10.9. The lowest BCUT2D eigenvalue weighted by Crippen LogP contribution is -2.14. The van der Waals surface area contributed by atoms with E-state index in [4.69, 9.17) is 4.52 Å². The number of nitrogens with zero attached hydrogens (tertiary/aromatic N) is 4. The molecular weight excluding hydrogens is 398 g/mol. The number of thioether (sulfide) groups is 1. The van der Waals surface area contributed by atoms with Crippen LogP contribution in [-0.2, 0) is 11.8 Å². The summed E-state index contributed by atoms with van der Waals surface area (Å²) in [6.07, 6.45) is 0. The number of carbonyl (C=O) groups is 1. The summed E-state index contributed by atoms with van der Waals surface area (Å²) in [4.78, 5) is 12.3. The molecule has 8 heteroatoms. The number of amides is 1. The molecule has 152 valence electrons. The zero-order chi connectivity index (χ0) is 21.1. The molecule has 0 radical (unpaired) electrons. The maximum Gasteiger partial charge on any atom is 0.237 e. The van der Waals surface area contributed by atoms with E-state index in [0.717, 1.165) is 22.5 Å². The number of rotatable bonds is 6. The minimum absolute atomic E-state index is 0.181. The number of benzene rings is 2. The number of aromatic nitrogens is 4. The summed E-state index contributed by atoms with van der Waals surface area (Å²) in [5.74, 6) is 1.07. The molecule has 0 saturated heterocycles. The Hall–Kier alpha value is -3.39. The van der Waals surface area contributed by atoms with Gasteiger partial charge in [0.25, 0.3) is 0 Å². The van der Waals surface area contributed by atoms with Gasteiger partial charge < -0.3 is 9.09 Å². The van der Waals surface area contributed by atoms with Gasteiger partial charge in [0.2, 0.25) is 11.8 Å². The minimum atomic E-state index is -0.202. The van der Waals surface area contributed by atoms with Crippen molar-refractivity contribution in [2.24, 2.45) is 7.05 Å². The van der Waals surface area contributed by atoms with Gasteiger partial charge in [-0.1, -0.05) is 71.0 Å². The highest BCUT2D eigenvalue weighted by molar-refractivity contribution is 7.99. The van der Waals surface area contributed by atoms with Crippen molar-refractivity contribution in [2.45, 2.75) is 19.0 Å². The first-order valence-corrected chi connectivity index (χ1v) is 10.4. The highest BCUT2D eigenvalue weighted by Gasteiger charge is 2.15. The first-order valence-electron chi connectivity index (χ1n) is 9.43. The first-order chi connectivity index (χ1) is 14.5. The lowest BCUT2D eigenvalue weighted by molar-refractivity contribution is -0.113. The Kier molecular flexibility index (Phi) is 5.67. The number of hydrogen-bond donors (Lipinski definition) is 1. The average Bonchev–Trinajstić information content (AvgIpc) is 3.34. The summed E-state index contributed by atoms with van der Waals surface area (Å²) >= 11 is 1.32. The zero-order valence-electron chi connectivity index (χ0n) is 16.9. The molecule has 0 aliphatic heterocycles. The lowest BCUT2D eigenvalue weighted by atomic mass is 10.1. The van der Waals surface area contributed by atoms with Crippen LogP contribution >= 0.6 is 11.8 Å².